The molecular weight excluding hydrogens is 452 g/mol. The van der Waals surface area contributed by atoms with Crippen LogP contribution in [0.15, 0.2) is 48.5 Å². The molecule has 3 rings (SSSR count). The van der Waals surface area contributed by atoms with Crippen molar-refractivity contribution in [1.29, 1.82) is 0 Å². The Morgan fingerprint density at radius 1 is 1.08 bits per heavy atom. The average molecular weight is 469 g/mol. The van der Waals surface area contributed by atoms with Crippen LogP contribution >= 0.6 is 34.8 Å². The van der Waals surface area contributed by atoms with Crippen molar-refractivity contribution < 1.29 is 9.18 Å². The summed E-state index contributed by atoms with van der Waals surface area (Å²) in [7, 11) is 0. The molecule has 2 aromatic rings. The molecule has 1 aliphatic heterocycles. The molecule has 7 heteroatoms. The number of piperazine rings is 1. The van der Waals surface area contributed by atoms with Gasteiger partial charge in [-0.25, -0.2) is 4.39 Å². The quantitative estimate of drug-likeness (QED) is 0.391. The fourth-order valence-electron chi connectivity index (χ4n) is 2.82. The largest absolute Gasteiger partial charge is 0.366 e. The van der Waals surface area contributed by atoms with Crippen molar-refractivity contribution in [2.75, 3.05) is 36.0 Å². The number of carbonyl (C=O) groups excluding carboxylic acids is 1. The van der Waals surface area contributed by atoms with Crippen molar-refractivity contribution in [3.63, 3.8) is 0 Å². The predicted molar refractivity (Wildman–Crippen MR) is 110 cm³/mol. The van der Waals surface area contributed by atoms with Crippen LogP contribution in [-0.4, -0.2) is 42.6 Å². The standard InChI is InChI=1S/C18H17FIN3OS/c19-16-3-1-2-4-17(16)21-9-11-22(12-10-21)18(25)23(13-24)15-7-5-14(20)6-8-15/h1-8,13H,9-12H2. The number of anilines is 2. The molecule has 1 heterocycles. The lowest BCUT2D eigenvalue weighted by molar-refractivity contribution is -0.106. The van der Waals surface area contributed by atoms with Gasteiger partial charge in [0.25, 0.3) is 0 Å². The van der Waals surface area contributed by atoms with Gasteiger partial charge >= 0.3 is 0 Å². The molecule has 0 atom stereocenters. The van der Waals surface area contributed by atoms with Crippen LogP contribution in [0, 0.1) is 9.39 Å². The van der Waals surface area contributed by atoms with Gasteiger partial charge in [-0.2, -0.15) is 0 Å². The predicted octanol–water partition coefficient (Wildman–Crippen LogP) is 3.50. The van der Waals surface area contributed by atoms with Crippen LogP contribution < -0.4 is 9.80 Å². The Bertz CT molecular complexity index is 763. The van der Waals surface area contributed by atoms with Gasteiger partial charge < -0.3 is 9.80 Å². The minimum atomic E-state index is -0.216. The van der Waals surface area contributed by atoms with Gasteiger partial charge in [0.15, 0.2) is 5.11 Å². The summed E-state index contributed by atoms with van der Waals surface area (Å²) in [6, 6.07) is 14.4. The summed E-state index contributed by atoms with van der Waals surface area (Å²) < 4.78 is 15.0. The molecule has 2 aromatic carbocycles. The first-order valence-corrected chi connectivity index (χ1v) is 9.37. The van der Waals surface area contributed by atoms with Gasteiger partial charge in [0.2, 0.25) is 6.41 Å². The normalized spacial score (nSPS) is 14.3. The first-order valence-electron chi connectivity index (χ1n) is 7.88. The molecule has 1 saturated heterocycles. The van der Waals surface area contributed by atoms with Crippen molar-refractivity contribution >= 4 is 57.7 Å². The summed E-state index contributed by atoms with van der Waals surface area (Å²) in [5.41, 5.74) is 1.36. The molecular formula is C18H17FIN3OS. The SMILES string of the molecule is O=CN(C(=S)N1CCN(c2ccccc2F)CC1)c1ccc(I)cc1. The Kier molecular flexibility index (Phi) is 5.85. The highest BCUT2D eigenvalue weighted by atomic mass is 127. The summed E-state index contributed by atoms with van der Waals surface area (Å²) in [5.74, 6) is -0.216. The van der Waals surface area contributed by atoms with E-state index in [1.807, 2.05) is 40.1 Å². The summed E-state index contributed by atoms with van der Waals surface area (Å²) in [6.45, 7) is 2.59. The summed E-state index contributed by atoms with van der Waals surface area (Å²) >= 11 is 7.73. The minimum Gasteiger partial charge on any atom is -0.366 e. The van der Waals surface area contributed by atoms with Crippen molar-refractivity contribution in [3.05, 3.63) is 57.9 Å². The van der Waals surface area contributed by atoms with E-state index < -0.39 is 0 Å². The number of carbonyl (C=O) groups is 1. The highest BCUT2D eigenvalue weighted by molar-refractivity contribution is 14.1. The number of rotatable bonds is 3. The highest BCUT2D eigenvalue weighted by Crippen LogP contribution is 2.22. The number of nitrogens with zero attached hydrogens (tertiary/aromatic N) is 3. The van der Waals surface area contributed by atoms with Crippen LogP contribution in [0.5, 0.6) is 0 Å². The maximum absolute atomic E-state index is 13.9. The fraction of sp³-hybridized carbons (Fsp3) is 0.222. The van der Waals surface area contributed by atoms with Crippen molar-refractivity contribution in [2.45, 2.75) is 0 Å². The molecule has 25 heavy (non-hydrogen) atoms. The third-order valence-corrected chi connectivity index (χ3v) is 5.33. The van der Waals surface area contributed by atoms with Gasteiger partial charge in [0, 0.05) is 29.7 Å². The molecule has 0 aliphatic carbocycles. The Morgan fingerprint density at radius 2 is 1.72 bits per heavy atom. The number of benzene rings is 2. The van der Waals surface area contributed by atoms with E-state index in [9.17, 15) is 9.18 Å². The number of amides is 1. The summed E-state index contributed by atoms with van der Waals surface area (Å²) in [5, 5.41) is 0.476. The highest BCUT2D eigenvalue weighted by Gasteiger charge is 2.24. The van der Waals surface area contributed by atoms with Gasteiger partial charge in [0.1, 0.15) is 5.82 Å². The first-order chi connectivity index (χ1) is 12.1. The van der Waals surface area contributed by atoms with Crippen LogP contribution in [0.1, 0.15) is 0 Å². The number of hydrogen-bond acceptors (Lipinski definition) is 3. The van der Waals surface area contributed by atoms with E-state index >= 15 is 0 Å². The lowest BCUT2D eigenvalue weighted by atomic mass is 10.2. The van der Waals surface area contributed by atoms with Crippen LogP contribution in [-0.2, 0) is 4.79 Å². The number of hydrogen-bond donors (Lipinski definition) is 0. The molecule has 0 bridgehead atoms. The lowest BCUT2D eigenvalue weighted by Crippen LogP contribution is -2.53. The molecule has 0 aromatic heterocycles. The number of halogens is 2. The van der Waals surface area contributed by atoms with Gasteiger partial charge in [-0.15, -0.1) is 0 Å². The topological polar surface area (TPSA) is 26.8 Å². The fourth-order valence-corrected chi connectivity index (χ4v) is 3.51. The van der Waals surface area contributed by atoms with Gasteiger partial charge in [-0.3, -0.25) is 9.69 Å². The van der Waals surface area contributed by atoms with Gasteiger partial charge in [0.05, 0.1) is 11.4 Å². The van der Waals surface area contributed by atoms with Crippen molar-refractivity contribution in [1.82, 2.24) is 4.90 Å². The molecule has 0 saturated carbocycles. The molecule has 130 valence electrons. The van der Waals surface area contributed by atoms with Crippen molar-refractivity contribution in [2.24, 2.45) is 0 Å². The zero-order valence-corrected chi connectivity index (χ0v) is 16.4. The van der Waals surface area contributed by atoms with E-state index in [2.05, 4.69) is 22.6 Å². The summed E-state index contributed by atoms with van der Waals surface area (Å²) in [4.78, 5) is 17.0. The Morgan fingerprint density at radius 3 is 2.32 bits per heavy atom. The zero-order chi connectivity index (χ0) is 17.8. The van der Waals surface area contributed by atoms with Crippen LogP contribution in [0.2, 0.25) is 0 Å². The number of para-hydroxylation sites is 1. The summed E-state index contributed by atoms with van der Waals surface area (Å²) in [6.07, 6.45) is 0.744. The van der Waals surface area contributed by atoms with Crippen LogP contribution in [0.25, 0.3) is 0 Å². The van der Waals surface area contributed by atoms with Gasteiger partial charge in [-0.1, -0.05) is 12.1 Å². The van der Waals surface area contributed by atoms with E-state index in [0.29, 0.717) is 37.0 Å². The molecule has 0 N–H and O–H groups in total. The van der Waals surface area contributed by atoms with Gasteiger partial charge in [-0.05, 0) is 71.2 Å². The second-order valence-electron chi connectivity index (χ2n) is 5.66. The van der Waals surface area contributed by atoms with E-state index in [-0.39, 0.29) is 5.82 Å². The third-order valence-electron chi connectivity index (χ3n) is 4.16. The Labute approximate surface area is 165 Å². The smallest absolute Gasteiger partial charge is 0.220 e. The maximum atomic E-state index is 13.9. The average Bonchev–Trinajstić information content (AvgIpc) is 2.64. The second-order valence-corrected chi connectivity index (χ2v) is 7.27. The van der Waals surface area contributed by atoms with E-state index in [0.717, 1.165) is 15.7 Å². The number of thiocarbonyl (C=S) groups is 1. The third kappa shape index (κ3) is 4.09. The Balaban J connectivity index is 1.67. The first kappa shape index (κ1) is 18.1. The lowest BCUT2D eigenvalue weighted by Gasteiger charge is -2.39. The van der Waals surface area contributed by atoms with Crippen LogP contribution in [0.3, 0.4) is 0 Å². The molecule has 0 spiro atoms. The monoisotopic (exact) mass is 469 g/mol. The zero-order valence-electron chi connectivity index (χ0n) is 13.4. The van der Waals surface area contributed by atoms with E-state index in [1.54, 1.807) is 12.1 Å². The molecule has 1 fully saturated rings. The van der Waals surface area contributed by atoms with Crippen LogP contribution in [0.4, 0.5) is 15.8 Å². The Hall–Kier alpha value is -1.74. The van der Waals surface area contributed by atoms with E-state index in [1.165, 1.54) is 11.0 Å². The molecule has 1 amide bonds. The molecule has 0 radical (unpaired) electrons. The van der Waals surface area contributed by atoms with Crippen molar-refractivity contribution in [3.8, 4) is 0 Å². The molecule has 0 unspecified atom stereocenters. The second kappa shape index (κ2) is 8.09. The maximum Gasteiger partial charge on any atom is 0.220 e. The molecule has 1 aliphatic rings. The van der Waals surface area contributed by atoms with E-state index in [4.69, 9.17) is 12.2 Å². The minimum absolute atomic E-state index is 0.216. The molecule has 4 nitrogen and oxygen atoms in total.